The lowest BCUT2D eigenvalue weighted by Gasteiger charge is -2.48. The molecule has 0 radical (unpaired) electrons. The van der Waals surface area contributed by atoms with E-state index in [2.05, 4.69) is 64.5 Å². The van der Waals surface area contributed by atoms with Crippen LogP contribution >= 0.6 is 0 Å². The van der Waals surface area contributed by atoms with Crippen molar-refractivity contribution in [3.05, 3.63) is 23.9 Å². The number of nitrogens with zero attached hydrogens (tertiary/aromatic N) is 2. The highest BCUT2D eigenvalue weighted by Crippen LogP contribution is 2.44. The van der Waals surface area contributed by atoms with E-state index in [0.29, 0.717) is 0 Å². The van der Waals surface area contributed by atoms with Gasteiger partial charge in [0.25, 0.3) is 0 Å². The third kappa shape index (κ3) is 2.04. The minimum atomic E-state index is -2.64. The molecule has 5 heteroatoms. The van der Waals surface area contributed by atoms with Gasteiger partial charge in [0.2, 0.25) is 0 Å². The van der Waals surface area contributed by atoms with E-state index >= 15 is 0 Å². The predicted octanol–water partition coefficient (Wildman–Crippen LogP) is 3.41. The van der Waals surface area contributed by atoms with Crippen molar-refractivity contribution < 1.29 is 8.85 Å². The highest BCUT2D eigenvalue weighted by Gasteiger charge is 2.67. The van der Waals surface area contributed by atoms with Crippen LogP contribution in [-0.2, 0) is 8.85 Å². The first-order valence-corrected chi connectivity index (χ1v) is 8.51. The maximum Gasteiger partial charge on any atom is 0.723 e. The van der Waals surface area contributed by atoms with Gasteiger partial charge in [-0.1, -0.05) is 0 Å². The normalized spacial score (nSPS) is 22.3. The van der Waals surface area contributed by atoms with Crippen molar-refractivity contribution in [1.29, 1.82) is 0 Å². The summed E-state index contributed by atoms with van der Waals surface area (Å²) in [6.45, 7) is 17.4. The number of hydrogen-bond donors (Lipinski definition) is 0. The fourth-order valence-electron chi connectivity index (χ4n) is 3.12. The van der Waals surface area contributed by atoms with Crippen molar-refractivity contribution in [2.45, 2.75) is 66.5 Å². The van der Waals surface area contributed by atoms with E-state index in [-0.39, 0.29) is 11.1 Å². The maximum absolute atomic E-state index is 6.12. The highest BCUT2D eigenvalue weighted by molar-refractivity contribution is 6.64. The Hall–Kier alpha value is -1.10. The summed E-state index contributed by atoms with van der Waals surface area (Å²) in [4.78, 5) is 0. The molecule has 0 atom stereocenters. The Labute approximate surface area is 118 Å². The molecule has 2 aliphatic rings. The maximum atomic E-state index is 6.12. The second-order valence-electron chi connectivity index (χ2n) is 7.32. The molecule has 2 heterocycles. The minimum Gasteiger partial charge on any atom is -0.486 e. The van der Waals surface area contributed by atoms with Gasteiger partial charge in [-0.3, -0.25) is 0 Å². The molecule has 4 nitrogen and oxygen atoms in total. The molecule has 0 aromatic carbocycles. The Morgan fingerprint density at radius 1 is 0.789 bits per heavy atom. The summed E-state index contributed by atoms with van der Waals surface area (Å²) in [5.41, 5.74) is 2.20. The molecule has 0 amide bonds. The molecule has 0 aromatic rings. The van der Waals surface area contributed by atoms with E-state index in [0.717, 1.165) is 11.4 Å². The van der Waals surface area contributed by atoms with Gasteiger partial charge in [0.05, 0.1) is 12.5 Å². The Bertz CT molecular complexity index is 401. The van der Waals surface area contributed by atoms with E-state index in [1.165, 1.54) is 0 Å². The van der Waals surface area contributed by atoms with Crippen LogP contribution < -0.4 is 0 Å². The van der Waals surface area contributed by atoms with Gasteiger partial charge in [-0.15, -0.1) is 0 Å². The summed E-state index contributed by atoms with van der Waals surface area (Å²) in [7, 11) is -2.64. The van der Waals surface area contributed by atoms with Crippen LogP contribution in [0.3, 0.4) is 0 Å². The zero-order chi connectivity index (χ0) is 14.6. The summed E-state index contributed by atoms with van der Waals surface area (Å²) in [6.07, 6.45) is 3.70. The summed E-state index contributed by atoms with van der Waals surface area (Å²) in [5, 5.41) is 0. The number of hydrogen-bond acceptors (Lipinski definition) is 4. The van der Waals surface area contributed by atoms with Crippen LogP contribution in [0.15, 0.2) is 23.9 Å². The Kier molecular flexibility index (Phi) is 2.97. The molecule has 2 aliphatic heterocycles. The van der Waals surface area contributed by atoms with E-state index < -0.39 is 8.88 Å². The Balaban J connectivity index is 2.49. The average molecular weight is 282 g/mol. The predicted molar refractivity (Wildman–Crippen MR) is 78.6 cm³/mol. The third-order valence-corrected chi connectivity index (χ3v) is 7.41. The van der Waals surface area contributed by atoms with E-state index in [4.69, 9.17) is 8.85 Å². The van der Waals surface area contributed by atoms with Crippen LogP contribution in [0.5, 0.6) is 0 Å². The Morgan fingerprint density at radius 3 is 1.37 bits per heavy atom. The molecule has 19 heavy (non-hydrogen) atoms. The minimum absolute atomic E-state index is 0.0364. The third-order valence-electron chi connectivity index (χ3n) is 3.38. The van der Waals surface area contributed by atoms with Crippen molar-refractivity contribution in [3.8, 4) is 0 Å². The number of allylic oxidation sites excluding steroid dienone is 2. The molecule has 0 fully saturated rings. The molecule has 0 N–H and O–H groups in total. The molecule has 0 unspecified atom stereocenters. The van der Waals surface area contributed by atoms with Crippen molar-refractivity contribution in [3.63, 3.8) is 0 Å². The average Bonchev–Trinajstić information content (AvgIpc) is 2.67. The molecule has 0 aliphatic carbocycles. The summed E-state index contributed by atoms with van der Waals surface area (Å²) >= 11 is 0. The quantitative estimate of drug-likeness (QED) is 0.636. The Morgan fingerprint density at radius 2 is 1.11 bits per heavy atom. The van der Waals surface area contributed by atoms with Crippen molar-refractivity contribution in [1.82, 2.24) is 9.13 Å². The smallest absolute Gasteiger partial charge is 0.486 e. The monoisotopic (exact) mass is 282 g/mol. The molecule has 0 bridgehead atoms. The molecule has 0 saturated heterocycles. The van der Waals surface area contributed by atoms with E-state index in [9.17, 15) is 0 Å². The van der Waals surface area contributed by atoms with Gasteiger partial charge in [-0.2, -0.15) is 0 Å². The fraction of sp³-hybridized carbons (Fsp3) is 0.714. The molecular formula is C14H26N2O2Si. The van der Waals surface area contributed by atoms with Gasteiger partial charge in [0.15, 0.2) is 0 Å². The van der Waals surface area contributed by atoms with Crippen LogP contribution in [0.1, 0.15) is 55.4 Å². The van der Waals surface area contributed by atoms with Crippen LogP contribution in [0.25, 0.3) is 0 Å². The SMILES string of the molecule is CC1=CO[Si]2(OC=C(C)N2C(C)(C)C)N1C(C)(C)C. The lowest BCUT2D eigenvalue weighted by molar-refractivity contribution is 0.125. The molecule has 2 rings (SSSR count). The van der Waals surface area contributed by atoms with Gasteiger partial charge in [0, 0.05) is 22.5 Å². The second-order valence-corrected chi connectivity index (χ2v) is 9.78. The molecular weight excluding hydrogens is 256 g/mol. The summed E-state index contributed by atoms with van der Waals surface area (Å²) in [5.74, 6) is 0. The van der Waals surface area contributed by atoms with Gasteiger partial charge >= 0.3 is 8.88 Å². The summed E-state index contributed by atoms with van der Waals surface area (Å²) < 4.78 is 16.9. The molecule has 108 valence electrons. The van der Waals surface area contributed by atoms with Gasteiger partial charge in [-0.05, 0) is 55.4 Å². The van der Waals surface area contributed by atoms with Crippen molar-refractivity contribution in [2.24, 2.45) is 0 Å². The largest absolute Gasteiger partial charge is 0.723 e. The topological polar surface area (TPSA) is 24.9 Å². The highest BCUT2D eigenvalue weighted by atomic mass is 28.4. The van der Waals surface area contributed by atoms with Crippen LogP contribution in [0.4, 0.5) is 0 Å². The van der Waals surface area contributed by atoms with Crippen molar-refractivity contribution in [2.75, 3.05) is 0 Å². The first-order chi connectivity index (χ1) is 8.50. The first kappa shape index (κ1) is 14.3. The lowest BCUT2D eigenvalue weighted by atomic mass is 10.1. The standard InChI is InChI=1S/C14H26N2O2Si/c1-11-9-17-19(15(11)13(3,4)5)16(14(6,7)8)12(2)10-18-19/h9-10H,1-8H3. The van der Waals surface area contributed by atoms with Crippen LogP contribution in [-0.4, -0.2) is 29.1 Å². The first-order valence-electron chi connectivity index (χ1n) is 6.80. The van der Waals surface area contributed by atoms with E-state index in [1.807, 2.05) is 12.5 Å². The van der Waals surface area contributed by atoms with Crippen molar-refractivity contribution >= 4 is 8.88 Å². The second kappa shape index (κ2) is 3.95. The van der Waals surface area contributed by atoms with Crippen LogP contribution in [0.2, 0.25) is 0 Å². The zero-order valence-electron chi connectivity index (χ0n) is 13.4. The van der Waals surface area contributed by atoms with Gasteiger partial charge in [-0.25, -0.2) is 0 Å². The van der Waals surface area contributed by atoms with Gasteiger partial charge < -0.3 is 18.0 Å². The summed E-state index contributed by atoms with van der Waals surface area (Å²) in [6, 6.07) is 0. The lowest BCUT2D eigenvalue weighted by Crippen LogP contribution is -2.70. The van der Waals surface area contributed by atoms with Gasteiger partial charge in [0.1, 0.15) is 0 Å². The fourth-order valence-corrected chi connectivity index (χ4v) is 7.14. The number of rotatable bonds is 0. The molecule has 0 saturated carbocycles. The molecule has 1 spiro atoms. The van der Waals surface area contributed by atoms with E-state index in [1.54, 1.807) is 0 Å². The molecule has 0 aromatic heterocycles. The van der Waals surface area contributed by atoms with Crippen LogP contribution in [0, 0.1) is 0 Å². The zero-order valence-corrected chi connectivity index (χ0v) is 14.4.